The maximum atomic E-state index is 13.9. The minimum Gasteiger partial charge on any atom is -0.342 e. The molecular formula is C28H32FN3O5. The Kier molecular flexibility index (Phi) is 7.73. The van der Waals surface area contributed by atoms with Gasteiger partial charge >= 0.3 is 0 Å². The second kappa shape index (κ2) is 10.8. The van der Waals surface area contributed by atoms with E-state index in [0.717, 1.165) is 22.6 Å². The lowest BCUT2D eigenvalue weighted by Gasteiger charge is -2.36. The van der Waals surface area contributed by atoms with E-state index in [4.69, 9.17) is 0 Å². The molecule has 4 rings (SSSR count). The van der Waals surface area contributed by atoms with Gasteiger partial charge in [0.15, 0.2) is 0 Å². The fourth-order valence-electron chi connectivity index (χ4n) is 5.82. The lowest BCUT2D eigenvalue weighted by molar-refractivity contribution is -0.150. The number of hydrogen-bond donors (Lipinski definition) is 2. The number of benzene rings is 2. The molecule has 2 aliphatic heterocycles. The molecule has 0 spiro atoms. The average Bonchev–Trinajstić information content (AvgIpc) is 3.31. The van der Waals surface area contributed by atoms with Crippen molar-refractivity contribution in [2.75, 3.05) is 19.6 Å². The van der Waals surface area contributed by atoms with Gasteiger partial charge in [0.2, 0.25) is 11.8 Å². The van der Waals surface area contributed by atoms with Crippen LogP contribution in [0.5, 0.6) is 0 Å². The number of carbonyl (C=O) groups excluding carboxylic acids is 4. The van der Waals surface area contributed by atoms with E-state index in [0.29, 0.717) is 32.4 Å². The summed E-state index contributed by atoms with van der Waals surface area (Å²) in [7, 11) is 0. The Bertz CT molecular complexity index is 1200. The van der Waals surface area contributed by atoms with Crippen molar-refractivity contribution in [2.45, 2.75) is 39.5 Å². The molecule has 9 heteroatoms. The number of nitrogens with zero attached hydrogens (tertiary/aromatic N) is 2. The number of halogens is 1. The molecule has 0 aliphatic carbocycles. The molecule has 4 amide bonds. The molecule has 2 heterocycles. The van der Waals surface area contributed by atoms with Crippen LogP contribution in [0, 0.1) is 23.1 Å². The molecule has 8 nitrogen and oxygen atoms in total. The van der Waals surface area contributed by atoms with Crippen LogP contribution in [0.4, 0.5) is 4.39 Å². The number of hydrogen-bond acceptors (Lipinski definition) is 5. The molecular weight excluding hydrogens is 477 g/mol. The Morgan fingerprint density at radius 3 is 2.43 bits per heavy atom. The average molecular weight is 510 g/mol. The summed E-state index contributed by atoms with van der Waals surface area (Å²) in [6.45, 7) is 4.77. The Hall–Kier alpha value is -3.59. The van der Waals surface area contributed by atoms with E-state index in [2.05, 4.69) is 0 Å². The van der Waals surface area contributed by atoms with Crippen molar-refractivity contribution < 1.29 is 28.8 Å². The van der Waals surface area contributed by atoms with Crippen molar-refractivity contribution in [3.05, 3.63) is 71.0 Å². The van der Waals surface area contributed by atoms with E-state index in [1.807, 2.05) is 44.2 Å². The first kappa shape index (κ1) is 26.5. The second-order valence-corrected chi connectivity index (χ2v) is 10.3. The van der Waals surface area contributed by atoms with Gasteiger partial charge in [-0.2, -0.15) is 0 Å². The number of fused-ring (bicyclic) bond motifs is 1. The quantitative estimate of drug-likeness (QED) is 0.290. The molecule has 2 aliphatic rings. The maximum Gasteiger partial charge on any atom is 0.261 e. The molecule has 2 atom stereocenters. The van der Waals surface area contributed by atoms with Gasteiger partial charge in [-0.1, -0.05) is 44.2 Å². The summed E-state index contributed by atoms with van der Waals surface area (Å²) in [4.78, 5) is 55.3. The zero-order valence-corrected chi connectivity index (χ0v) is 21.1. The Labute approximate surface area is 215 Å². The van der Waals surface area contributed by atoms with Crippen LogP contribution in [-0.4, -0.2) is 58.3 Å². The van der Waals surface area contributed by atoms with Crippen LogP contribution < -0.4 is 5.48 Å². The molecule has 0 aromatic heterocycles. The first-order valence-electron chi connectivity index (χ1n) is 12.6. The zero-order chi connectivity index (χ0) is 26.7. The number of likely N-dealkylation sites (tertiary alicyclic amines) is 1. The van der Waals surface area contributed by atoms with Crippen LogP contribution in [0.2, 0.25) is 0 Å². The lowest BCUT2D eigenvalue weighted by atomic mass is 9.67. The highest BCUT2D eigenvalue weighted by Crippen LogP contribution is 2.46. The van der Waals surface area contributed by atoms with Crippen LogP contribution in [0.3, 0.4) is 0 Å². The summed E-state index contributed by atoms with van der Waals surface area (Å²) >= 11 is 0. The summed E-state index contributed by atoms with van der Waals surface area (Å²) in [5, 5.41) is 9.57. The van der Waals surface area contributed by atoms with Gasteiger partial charge in [0.05, 0.1) is 22.5 Å². The van der Waals surface area contributed by atoms with Crippen LogP contribution in [0.15, 0.2) is 48.5 Å². The van der Waals surface area contributed by atoms with Crippen LogP contribution >= 0.6 is 0 Å². The summed E-state index contributed by atoms with van der Waals surface area (Å²) < 4.78 is 13.7. The third-order valence-corrected chi connectivity index (χ3v) is 7.49. The summed E-state index contributed by atoms with van der Waals surface area (Å²) in [6.07, 6.45) is 1.50. The van der Waals surface area contributed by atoms with E-state index in [1.54, 1.807) is 10.4 Å². The van der Waals surface area contributed by atoms with Crippen LogP contribution in [0.1, 0.15) is 59.4 Å². The topological polar surface area (TPSA) is 107 Å². The monoisotopic (exact) mass is 509 g/mol. The third-order valence-electron chi connectivity index (χ3n) is 7.49. The molecule has 1 fully saturated rings. The van der Waals surface area contributed by atoms with Gasteiger partial charge in [-0.25, -0.2) is 9.87 Å². The first-order chi connectivity index (χ1) is 17.7. The van der Waals surface area contributed by atoms with Crippen LogP contribution in [-0.2, 0) is 16.0 Å². The number of carbonyl (C=O) groups is 4. The van der Waals surface area contributed by atoms with Gasteiger partial charge in [0.1, 0.15) is 5.82 Å². The fraction of sp³-hybridized carbons (Fsp3) is 0.429. The minimum atomic E-state index is -1.08. The number of amides is 4. The fourth-order valence-corrected chi connectivity index (χ4v) is 5.82. The SMILES string of the molecule is CC(C)C[C@]1(C(CCN2C(=O)c3ccc(F)cc3C2=O)C(=O)NO)CCN(CCc2ccccc2)C1=O. The predicted octanol–water partition coefficient (Wildman–Crippen LogP) is 3.44. The highest BCUT2D eigenvalue weighted by molar-refractivity contribution is 6.21. The molecule has 2 N–H and O–H groups in total. The zero-order valence-electron chi connectivity index (χ0n) is 21.1. The predicted molar refractivity (Wildman–Crippen MR) is 133 cm³/mol. The first-order valence-corrected chi connectivity index (χ1v) is 12.6. The molecule has 2 aromatic rings. The number of hydroxylamine groups is 1. The summed E-state index contributed by atoms with van der Waals surface area (Å²) in [5.41, 5.74) is 1.82. The normalized spacial score (nSPS) is 20.1. The van der Waals surface area contributed by atoms with Crippen molar-refractivity contribution in [2.24, 2.45) is 17.3 Å². The Morgan fingerprint density at radius 1 is 1.05 bits per heavy atom. The molecule has 0 saturated carbocycles. The summed E-state index contributed by atoms with van der Waals surface area (Å²) in [6, 6.07) is 13.2. The van der Waals surface area contributed by atoms with E-state index in [1.165, 1.54) is 6.07 Å². The standard InChI is InChI=1S/C28H32FN3O5/c1-18(2)17-28(12-15-31(27(28)36)13-10-19-6-4-3-5-7-19)23(24(33)30-37)11-14-32-25(34)21-9-8-20(29)16-22(21)26(32)35/h3-9,16,18,23,37H,10-15,17H2,1-2H3,(H,30,33)/t23?,28-/m0/s1. The van der Waals surface area contributed by atoms with Gasteiger partial charge in [-0.3, -0.25) is 29.3 Å². The largest absolute Gasteiger partial charge is 0.342 e. The van der Waals surface area contributed by atoms with Crippen molar-refractivity contribution in [3.63, 3.8) is 0 Å². The van der Waals surface area contributed by atoms with Gasteiger partial charge in [0.25, 0.3) is 11.8 Å². The van der Waals surface area contributed by atoms with Gasteiger partial charge in [-0.15, -0.1) is 0 Å². The molecule has 0 radical (unpaired) electrons. The van der Waals surface area contributed by atoms with Crippen molar-refractivity contribution >= 4 is 23.6 Å². The second-order valence-electron chi connectivity index (χ2n) is 10.3. The highest BCUT2D eigenvalue weighted by atomic mass is 19.1. The van der Waals surface area contributed by atoms with Crippen molar-refractivity contribution in [3.8, 4) is 0 Å². The Balaban J connectivity index is 1.55. The number of nitrogens with one attached hydrogen (secondary N) is 1. The molecule has 1 saturated heterocycles. The van der Waals surface area contributed by atoms with E-state index in [-0.39, 0.29) is 35.9 Å². The number of rotatable bonds is 10. The molecule has 2 aromatic carbocycles. The van der Waals surface area contributed by atoms with Crippen LogP contribution in [0.25, 0.3) is 0 Å². The Morgan fingerprint density at radius 2 is 1.76 bits per heavy atom. The van der Waals surface area contributed by atoms with Crippen molar-refractivity contribution in [1.29, 1.82) is 0 Å². The maximum absolute atomic E-state index is 13.9. The molecule has 0 bridgehead atoms. The van der Waals surface area contributed by atoms with E-state index < -0.39 is 34.9 Å². The molecule has 1 unspecified atom stereocenters. The summed E-state index contributed by atoms with van der Waals surface area (Å²) in [5.74, 6) is -3.59. The smallest absolute Gasteiger partial charge is 0.261 e. The van der Waals surface area contributed by atoms with Crippen molar-refractivity contribution in [1.82, 2.24) is 15.3 Å². The third kappa shape index (κ3) is 5.13. The van der Waals surface area contributed by atoms with E-state index >= 15 is 0 Å². The lowest BCUT2D eigenvalue weighted by Crippen LogP contribution is -2.48. The van der Waals surface area contributed by atoms with Gasteiger partial charge < -0.3 is 4.90 Å². The number of imide groups is 1. The molecule has 37 heavy (non-hydrogen) atoms. The van der Waals surface area contributed by atoms with E-state index in [9.17, 15) is 28.8 Å². The minimum absolute atomic E-state index is 0.00860. The van der Waals surface area contributed by atoms with Gasteiger partial charge in [0, 0.05) is 19.6 Å². The van der Waals surface area contributed by atoms with Gasteiger partial charge in [-0.05, 0) is 55.4 Å². The highest BCUT2D eigenvalue weighted by Gasteiger charge is 2.54. The molecule has 196 valence electrons.